The average molecular weight is 243 g/mol. The Morgan fingerprint density at radius 2 is 2.13 bits per heavy atom. The van der Waals surface area contributed by atoms with E-state index in [-0.39, 0.29) is 0 Å². The van der Waals surface area contributed by atoms with E-state index in [2.05, 4.69) is 38.1 Å². The molecular weight excluding hydrogens is 224 g/mol. The van der Waals surface area contributed by atoms with Crippen LogP contribution in [0, 0.1) is 12.8 Å². The number of hydrogen-bond donors (Lipinski definition) is 0. The first-order valence-electron chi connectivity index (χ1n) is 5.48. The number of rotatable bonds is 6. The van der Waals surface area contributed by atoms with Crippen molar-refractivity contribution in [3.05, 3.63) is 29.8 Å². The number of halogens is 1. The highest BCUT2D eigenvalue weighted by Gasteiger charge is 2.01. The Kier molecular flexibility index (Phi) is 6.19. The lowest BCUT2D eigenvalue weighted by molar-refractivity contribution is 0.552. The Balaban J connectivity index is 2.25. The fraction of sp³-hybridized carbons (Fsp3) is 0.538. The summed E-state index contributed by atoms with van der Waals surface area (Å²) in [5.41, 5.74) is 1.34. The van der Waals surface area contributed by atoms with Crippen LogP contribution in [0.1, 0.15) is 25.3 Å². The van der Waals surface area contributed by atoms with Gasteiger partial charge in [-0.1, -0.05) is 24.6 Å². The van der Waals surface area contributed by atoms with Crippen LogP contribution < -0.4 is 0 Å². The van der Waals surface area contributed by atoms with Gasteiger partial charge in [0.2, 0.25) is 0 Å². The standard InChI is InChI=1S/C13H19ClS/c1-11(6-8-14)7-9-15-13-5-3-4-12(2)10-13/h3-5,10-11H,6-9H2,1-2H3. The smallest absolute Gasteiger partial charge is 0.0225 e. The van der Waals surface area contributed by atoms with Gasteiger partial charge >= 0.3 is 0 Å². The van der Waals surface area contributed by atoms with Crippen LogP contribution in [0.3, 0.4) is 0 Å². The van der Waals surface area contributed by atoms with E-state index >= 15 is 0 Å². The van der Waals surface area contributed by atoms with Crippen molar-refractivity contribution < 1.29 is 0 Å². The third kappa shape index (κ3) is 5.48. The number of hydrogen-bond acceptors (Lipinski definition) is 1. The molecule has 0 aliphatic heterocycles. The molecule has 0 heterocycles. The molecular formula is C13H19ClS. The Morgan fingerprint density at radius 1 is 1.33 bits per heavy atom. The minimum Gasteiger partial charge on any atom is -0.127 e. The van der Waals surface area contributed by atoms with Crippen LogP contribution in [0.15, 0.2) is 29.2 Å². The second-order valence-corrected chi connectivity index (χ2v) is 5.58. The maximum atomic E-state index is 5.71. The van der Waals surface area contributed by atoms with E-state index in [1.807, 2.05) is 11.8 Å². The van der Waals surface area contributed by atoms with E-state index < -0.39 is 0 Å². The first-order valence-corrected chi connectivity index (χ1v) is 7.00. The van der Waals surface area contributed by atoms with Gasteiger partial charge in [0, 0.05) is 10.8 Å². The van der Waals surface area contributed by atoms with Crippen LogP contribution in [-0.4, -0.2) is 11.6 Å². The van der Waals surface area contributed by atoms with Gasteiger partial charge in [0.15, 0.2) is 0 Å². The van der Waals surface area contributed by atoms with Gasteiger partial charge in [0.25, 0.3) is 0 Å². The van der Waals surface area contributed by atoms with Crippen molar-refractivity contribution in [3.63, 3.8) is 0 Å². The van der Waals surface area contributed by atoms with Gasteiger partial charge in [0.05, 0.1) is 0 Å². The summed E-state index contributed by atoms with van der Waals surface area (Å²) in [6, 6.07) is 8.70. The molecule has 0 radical (unpaired) electrons. The van der Waals surface area contributed by atoms with E-state index in [1.54, 1.807) is 0 Å². The lowest BCUT2D eigenvalue weighted by Crippen LogP contribution is -1.97. The van der Waals surface area contributed by atoms with Gasteiger partial charge in [-0.05, 0) is 43.6 Å². The van der Waals surface area contributed by atoms with E-state index in [4.69, 9.17) is 11.6 Å². The number of aryl methyl sites for hydroxylation is 1. The van der Waals surface area contributed by atoms with Crippen molar-refractivity contribution in [2.24, 2.45) is 5.92 Å². The predicted molar refractivity (Wildman–Crippen MR) is 71.0 cm³/mol. The summed E-state index contributed by atoms with van der Waals surface area (Å²) >= 11 is 7.65. The summed E-state index contributed by atoms with van der Waals surface area (Å²) in [5.74, 6) is 2.73. The van der Waals surface area contributed by atoms with Crippen LogP contribution in [0.25, 0.3) is 0 Å². The fourth-order valence-electron chi connectivity index (χ4n) is 1.41. The predicted octanol–water partition coefficient (Wildman–Crippen LogP) is 4.74. The van der Waals surface area contributed by atoms with Crippen LogP contribution in [0.5, 0.6) is 0 Å². The molecule has 84 valence electrons. The van der Waals surface area contributed by atoms with Crippen molar-refractivity contribution >= 4 is 23.4 Å². The summed E-state index contributed by atoms with van der Waals surface area (Å²) < 4.78 is 0. The molecule has 1 unspecified atom stereocenters. The molecule has 1 aromatic rings. The quantitative estimate of drug-likeness (QED) is 0.513. The maximum absolute atomic E-state index is 5.71. The van der Waals surface area contributed by atoms with Crippen molar-refractivity contribution in [3.8, 4) is 0 Å². The Morgan fingerprint density at radius 3 is 2.80 bits per heavy atom. The molecule has 0 aromatic heterocycles. The molecule has 0 fully saturated rings. The van der Waals surface area contributed by atoms with E-state index in [9.17, 15) is 0 Å². The molecule has 0 N–H and O–H groups in total. The summed E-state index contributed by atoms with van der Waals surface area (Å²) in [5, 5.41) is 0. The van der Waals surface area contributed by atoms with Gasteiger partial charge in [0.1, 0.15) is 0 Å². The highest BCUT2D eigenvalue weighted by molar-refractivity contribution is 7.99. The topological polar surface area (TPSA) is 0 Å². The zero-order chi connectivity index (χ0) is 11.1. The molecule has 0 saturated heterocycles. The van der Waals surface area contributed by atoms with Crippen LogP contribution >= 0.6 is 23.4 Å². The molecule has 1 rings (SSSR count). The van der Waals surface area contributed by atoms with Gasteiger partial charge in [-0.15, -0.1) is 23.4 Å². The van der Waals surface area contributed by atoms with E-state index in [0.29, 0.717) is 0 Å². The molecule has 0 bridgehead atoms. The molecule has 1 atom stereocenters. The van der Waals surface area contributed by atoms with Crippen molar-refractivity contribution in [1.82, 2.24) is 0 Å². The van der Waals surface area contributed by atoms with Gasteiger partial charge in [-0.3, -0.25) is 0 Å². The number of benzene rings is 1. The van der Waals surface area contributed by atoms with E-state index in [1.165, 1.54) is 22.6 Å². The minimum atomic E-state index is 0.750. The third-order valence-electron chi connectivity index (χ3n) is 2.47. The van der Waals surface area contributed by atoms with Gasteiger partial charge in [-0.2, -0.15) is 0 Å². The lowest BCUT2D eigenvalue weighted by Gasteiger charge is -2.08. The van der Waals surface area contributed by atoms with Gasteiger partial charge < -0.3 is 0 Å². The zero-order valence-electron chi connectivity index (χ0n) is 9.50. The third-order valence-corrected chi connectivity index (χ3v) is 3.72. The Bertz CT molecular complexity index is 286. The molecule has 15 heavy (non-hydrogen) atoms. The van der Waals surface area contributed by atoms with Crippen LogP contribution in [0.4, 0.5) is 0 Å². The molecule has 0 spiro atoms. The Labute approximate surface area is 102 Å². The number of thioether (sulfide) groups is 1. The van der Waals surface area contributed by atoms with Crippen LogP contribution in [-0.2, 0) is 0 Å². The normalized spacial score (nSPS) is 12.7. The molecule has 2 heteroatoms. The van der Waals surface area contributed by atoms with Crippen molar-refractivity contribution in [2.45, 2.75) is 31.6 Å². The SMILES string of the molecule is Cc1cccc(SCCC(C)CCCl)c1. The summed E-state index contributed by atoms with van der Waals surface area (Å²) in [7, 11) is 0. The second kappa shape index (κ2) is 7.19. The largest absolute Gasteiger partial charge is 0.127 e. The summed E-state index contributed by atoms with van der Waals surface area (Å²) in [6.07, 6.45) is 2.39. The molecule has 0 saturated carbocycles. The lowest BCUT2D eigenvalue weighted by atomic mass is 10.1. The van der Waals surface area contributed by atoms with Crippen LogP contribution in [0.2, 0.25) is 0 Å². The molecule has 0 aliphatic carbocycles. The molecule has 1 aromatic carbocycles. The average Bonchev–Trinajstić information content (AvgIpc) is 2.18. The highest BCUT2D eigenvalue weighted by atomic mass is 35.5. The van der Waals surface area contributed by atoms with Gasteiger partial charge in [-0.25, -0.2) is 0 Å². The molecule has 0 aliphatic rings. The Hall–Kier alpha value is -0.140. The van der Waals surface area contributed by atoms with E-state index in [0.717, 1.165) is 18.2 Å². The monoisotopic (exact) mass is 242 g/mol. The van der Waals surface area contributed by atoms with Crippen molar-refractivity contribution in [2.75, 3.05) is 11.6 Å². The molecule has 0 amide bonds. The first-order chi connectivity index (χ1) is 7.22. The maximum Gasteiger partial charge on any atom is 0.0225 e. The highest BCUT2D eigenvalue weighted by Crippen LogP contribution is 2.22. The number of alkyl halides is 1. The first kappa shape index (κ1) is 12.9. The fourth-order valence-corrected chi connectivity index (χ4v) is 2.99. The molecule has 0 nitrogen and oxygen atoms in total. The van der Waals surface area contributed by atoms with Crippen molar-refractivity contribution in [1.29, 1.82) is 0 Å². The summed E-state index contributed by atoms with van der Waals surface area (Å²) in [4.78, 5) is 1.38. The summed E-state index contributed by atoms with van der Waals surface area (Å²) in [6.45, 7) is 4.42. The second-order valence-electron chi connectivity index (χ2n) is 4.04. The zero-order valence-corrected chi connectivity index (χ0v) is 11.1. The minimum absolute atomic E-state index is 0.750.